The number of thiophene rings is 1. The maximum atomic E-state index is 13.4. The molecule has 25 heavy (non-hydrogen) atoms. The molecule has 0 spiro atoms. The first-order chi connectivity index (χ1) is 12.1. The molecule has 9 heteroatoms. The molecule has 1 unspecified atom stereocenters. The summed E-state index contributed by atoms with van der Waals surface area (Å²) in [6.45, 7) is 0. The zero-order valence-corrected chi connectivity index (χ0v) is 14.7. The van der Waals surface area contributed by atoms with Gasteiger partial charge >= 0.3 is 0 Å². The average molecular weight is 373 g/mol. The van der Waals surface area contributed by atoms with Gasteiger partial charge in [0.05, 0.1) is 0 Å². The van der Waals surface area contributed by atoms with Crippen molar-refractivity contribution in [3.05, 3.63) is 58.6 Å². The number of hydrogen-bond acceptors (Lipinski definition) is 7. The number of nitrogens with zero attached hydrogens (tertiary/aromatic N) is 5. The van der Waals surface area contributed by atoms with Crippen LogP contribution in [-0.4, -0.2) is 24.9 Å². The molecular formula is C16H12FN5OS2. The Morgan fingerprint density at radius 3 is 2.88 bits per heavy atom. The average Bonchev–Trinajstić information content (AvgIpc) is 3.35. The highest BCUT2D eigenvalue weighted by Gasteiger charge is 2.24. The summed E-state index contributed by atoms with van der Waals surface area (Å²) >= 11 is 6.13. The van der Waals surface area contributed by atoms with Crippen molar-refractivity contribution in [3.63, 3.8) is 0 Å². The molecule has 3 aromatic heterocycles. The normalized spacial score (nSPS) is 12.4. The van der Waals surface area contributed by atoms with Gasteiger partial charge in [0.2, 0.25) is 11.7 Å². The number of halogens is 1. The third-order valence-corrected chi connectivity index (χ3v) is 4.83. The van der Waals surface area contributed by atoms with Crippen LogP contribution in [0.15, 0.2) is 45.6 Å². The van der Waals surface area contributed by atoms with Gasteiger partial charge in [0, 0.05) is 23.6 Å². The molecule has 1 aromatic carbocycles. The van der Waals surface area contributed by atoms with Crippen molar-refractivity contribution in [2.24, 2.45) is 7.05 Å². The van der Waals surface area contributed by atoms with Crippen molar-refractivity contribution >= 4 is 24.0 Å². The van der Waals surface area contributed by atoms with E-state index in [9.17, 15) is 4.39 Å². The van der Waals surface area contributed by atoms with Gasteiger partial charge in [-0.2, -0.15) is 28.9 Å². The summed E-state index contributed by atoms with van der Waals surface area (Å²) in [6, 6.07) is 7.98. The SMILES string of the molecule is Cn1c(-c2ccsc2)nnc1C(S)c1nc(-c2cccc(F)c2)no1. The first kappa shape index (κ1) is 16.0. The lowest BCUT2D eigenvalue weighted by molar-refractivity contribution is 0.381. The first-order valence-electron chi connectivity index (χ1n) is 7.33. The smallest absolute Gasteiger partial charge is 0.247 e. The molecular weight excluding hydrogens is 361 g/mol. The van der Waals surface area contributed by atoms with Crippen LogP contribution in [0.3, 0.4) is 0 Å². The second kappa shape index (κ2) is 6.41. The van der Waals surface area contributed by atoms with E-state index in [1.165, 1.54) is 12.1 Å². The third kappa shape index (κ3) is 2.96. The second-order valence-corrected chi connectivity index (χ2v) is 6.62. The zero-order chi connectivity index (χ0) is 17.4. The van der Waals surface area contributed by atoms with Crippen LogP contribution >= 0.6 is 24.0 Å². The van der Waals surface area contributed by atoms with E-state index in [1.807, 2.05) is 28.4 Å². The Balaban J connectivity index is 1.65. The van der Waals surface area contributed by atoms with Crippen molar-refractivity contribution in [1.82, 2.24) is 24.9 Å². The molecule has 0 bridgehead atoms. The maximum Gasteiger partial charge on any atom is 0.247 e. The van der Waals surface area contributed by atoms with Crippen molar-refractivity contribution < 1.29 is 8.91 Å². The van der Waals surface area contributed by atoms with Crippen molar-refractivity contribution in [3.8, 4) is 22.8 Å². The third-order valence-electron chi connectivity index (χ3n) is 3.69. The van der Waals surface area contributed by atoms with E-state index in [0.29, 0.717) is 17.2 Å². The number of hydrogen-bond donors (Lipinski definition) is 1. The summed E-state index contributed by atoms with van der Waals surface area (Å²) in [5, 5.41) is 15.7. The van der Waals surface area contributed by atoms with Gasteiger partial charge in [-0.25, -0.2) is 4.39 Å². The highest BCUT2D eigenvalue weighted by Crippen LogP contribution is 2.30. The van der Waals surface area contributed by atoms with Gasteiger partial charge in [-0.15, -0.1) is 10.2 Å². The lowest BCUT2D eigenvalue weighted by Gasteiger charge is -2.06. The van der Waals surface area contributed by atoms with Gasteiger partial charge < -0.3 is 9.09 Å². The Morgan fingerprint density at radius 1 is 1.24 bits per heavy atom. The summed E-state index contributed by atoms with van der Waals surface area (Å²) in [5.41, 5.74) is 1.52. The minimum absolute atomic E-state index is 0.273. The number of rotatable bonds is 4. The summed E-state index contributed by atoms with van der Waals surface area (Å²) in [5.74, 6) is 1.53. The topological polar surface area (TPSA) is 69.6 Å². The fourth-order valence-electron chi connectivity index (χ4n) is 2.42. The molecule has 0 fully saturated rings. The number of benzene rings is 1. The fraction of sp³-hybridized carbons (Fsp3) is 0.125. The standard InChI is InChI=1S/C16H12FN5OS2/c1-22-14(10-5-6-25-8-10)19-20-15(22)12(24)16-18-13(21-23-16)9-3-2-4-11(17)7-9/h2-8,12,24H,1H3. The minimum Gasteiger partial charge on any atom is -0.337 e. The van der Waals surface area contributed by atoms with E-state index < -0.39 is 5.25 Å². The zero-order valence-electron chi connectivity index (χ0n) is 13.0. The van der Waals surface area contributed by atoms with Crippen LogP contribution in [0.5, 0.6) is 0 Å². The molecule has 0 aliphatic carbocycles. The molecule has 0 aliphatic rings. The molecule has 0 N–H and O–H groups in total. The van der Waals surface area contributed by atoms with Gasteiger partial charge in [0.1, 0.15) is 11.1 Å². The van der Waals surface area contributed by atoms with Crippen LogP contribution in [0.1, 0.15) is 17.0 Å². The number of aromatic nitrogens is 5. The molecule has 4 rings (SSSR count). The summed E-state index contributed by atoms with van der Waals surface area (Å²) in [4.78, 5) is 4.31. The van der Waals surface area contributed by atoms with Crippen LogP contribution in [-0.2, 0) is 7.05 Å². The molecule has 0 aliphatic heterocycles. The molecule has 0 saturated carbocycles. The van der Waals surface area contributed by atoms with Crippen molar-refractivity contribution in [1.29, 1.82) is 0 Å². The molecule has 1 atom stereocenters. The molecule has 0 radical (unpaired) electrons. The molecule has 0 amide bonds. The van der Waals surface area contributed by atoms with Crippen molar-refractivity contribution in [2.75, 3.05) is 0 Å². The molecule has 4 aromatic rings. The minimum atomic E-state index is -0.542. The van der Waals surface area contributed by atoms with Crippen LogP contribution in [0.2, 0.25) is 0 Å². The first-order valence-corrected chi connectivity index (χ1v) is 8.79. The molecule has 126 valence electrons. The lowest BCUT2D eigenvalue weighted by atomic mass is 10.2. The lowest BCUT2D eigenvalue weighted by Crippen LogP contribution is -2.04. The van der Waals surface area contributed by atoms with Crippen LogP contribution in [0.4, 0.5) is 4.39 Å². The van der Waals surface area contributed by atoms with Gasteiger partial charge in [-0.1, -0.05) is 17.3 Å². The summed E-state index contributed by atoms with van der Waals surface area (Å²) < 4.78 is 20.5. The quantitative estimate of drug-likeness (QED) is 0.552. The van der Waals surface area contributed by atoms with Gasteiger partial charge in [0.15, 0.2) is 11.6 Å². The largest absolute Gasteiger partial charge is 0.337 e. The second-order valence-electron chi connectivity index (χ2n) is 5.32. The maximum absolute atomic E-state index is 13.4. The highest BCUT2D eigenvalue weighted by atomic mass is 32.1. The fourth-order valence-corrected chi connectivity index (χ4v) is 3.39. The van der Waals surface area contributed by atoms with E-state index in [2.05, 4.69) is 33.0 Å². The predicted octanol–water partition coefficient (Wildman–Crippen LogP) is 3.75. The van der Waals surface area contributed by atoms with E-state index >= 15 is 0 Å². The predicted molar refractivity (Wildman–Crippen MR) is 94.8 cm³/mol. The monoisotopic (exact) mass is 373 g/mol. The summed E-state index contributed by atoms with van der Waals surface area (Å²) in [6.07, 6.45) is 0. The summed E-state index contributed by atoms with van der Waals surface area (Å²) in [7, 11) is 1.86. The van der Waals surface area contributed by atoms with Crippen molar-refractivity contribution in [2.45, 2.75) is 5.25 Å². The van der Waals surface area contributed by atoms with Gasteiger partial charge in [-0.05, 0) is 23.6 Å². The van der Waals surface area contributed by atoms with Crippen LogP contribution < -0.4 is 0 Å². The Morgan fingerprint density at radius 2 is 2.12 bits per heavy atom. The number of thiol groups is 1. The van der Waals surface area contributed by atoms with E-state index in [-0.39, 0.29) is 11.7 Å². The van der Waals surface area contributed by atoms with Crippen LogP contribution in [0, 0.1) is 5.82 Å². The van der Waals surface area contributed by atoms with Gasteiger partial charge in [0.25, 0.3) is 0 Å². The Labute approximate surface area is 151 Å². The van der Waals surface area contributed by atoms with Gasteiger partial charge in [-0.3, -0.25) is 0 Å². The van der Waals surface area contributed by atoms with E-state index in [4.69, 9.17) is 4.52 Å². The molecule has 3 heterocycles. The van der Waals surface area contributed by atoms with E-state index in [1.54, 1.807) is 23.5 Å². The van der Waals surface area contributed by atoms with Crippen LogP contribution in [0.25, 0.3) is 22.8 Å². The van der Waals surface area contributed by atoms with E-state index in [0.717, 1.165) is 11.4 Å². The Kier molecular flexibility index (Phi) is 4.10. The Hall–Kier alpha value is -2.52. The molecule has 6 nitrogen and oxygen atoms in total. The Bertz CT molecular complexity index is 1010. The molecule has 0 saturated heterocycles. The highest BCUT2D eigenvalue weighted by molar-refractivity contribution is 7.80.